The normalized spacial score (nSPS) is 12.8. The van der Waals surface area contributed by atoms with Gasteiger partial charge in [0, 0.05) is 19.3 Å². The number of esters is 3. The van der Waals surface area contributed by atoms with Crippen LogP contribution in [-0.4, -0.2) is 37.2 Å². The maximum absolute atomic E-state index is 12.7. The monoisotopic (exact) mass is 863 g/mol. The molecule has 0 aromatic rings. The second-order valence-corrected chi connectivity index (χ2v) is 16.7. The van der Waals surface area contributed by atoms with Gasteiger partial charge in [0.25, 0.3) is 0 Å². The van der Waals surface area contributed by atoms with Crippen molar-refractivity contribution in [2.24, 2.45) is 0 Å². The van der Waals surface area contributed by atoms with Crippen LogP contribution >= 0.6 is 0 Å². The fourth-order valence-corrected chi connectivity index (χ4v) is 6.79. The van der Waals surface area contributed by atoms with E-state index in [1.54, 1.807) is 0 Å². The number of ether oxygens (including phenoxy) is 3. The van der Waals surface area contributed by atoms with E-state index in [4.69, 9.17) is 14.2 Å². The summed E-state index contributed by atoms with van der Waals surface area (Å²) in [4.78, 5) is 37.7. The van der Waals surface area contributed by atoms with Gasteiger partial charge < -0.3 is 14.2 Å². The zero-order valence-electron chi connectivity index (χ0n) is 40.4. The minimum absolute atomic E-state index is 0.0919. The molecule has 0 radical (unpaired) electrons. The Kier molecular flexibility index (Phi) is 47.5. The van der Waals surface area contributed by atoms with Crippen molar-refractivity contribution in [1.82, 2.24) is 0 Å². The highest BCUT2D eigenvalue weighted by atomic mass is 16.6. The standard InChI is InChI=1S/C56H94O6/c1-4-7-10-13-16-18-20-22-24-26-27-28-29-31-32-34-36-38-40-43-46-49-55(58)61-52-53(51-60-54(57)48-45-42-15-12-9-6-3)62-56(59)50-47-44-41-39-37-35-33-30-25-23-21-19-17-14-11-8-5-2/h8,11,17,19-20,22-23,25-27,29,31,33,35,53H,4-7,9-10,12-16,18,21,24,28,30,32,34,36-52H2,1-3H3/b11-8-,19-17-,22-20-,25-23-,27-26-,31-29-,35-33-. The SMILES string of the molecule is CC/C=C\C/C=C\C/C=C\C/C=C\CCCCCCC(=O)OC(COC(=O)CCCCCCCC)COC(=O)CCCCCCCC/C=C\C/C=C\C/C=C\CCCCCCC. The summed E-state index contributed by atoms with van der Waals surface area (Å²) in [6, 6.07) is 0. The van der Waals surface area contributed by atoms with E-state index in [-0.39, 0.29) is 31.1 Å². The molecule has 1 atom stereocenters. The molecule has 0 aliphatic carbocycles. The van der Waals surface area contributed by atoms with Gasteiger partial charge >= 0.3 is 17.9 Å². The van der Waals surface area contributed by atoms with E-state index in [1.807, 2.05) is 0 Å². The summed E-state index contributed by atoms with van der Waals surface area (Å²) in [5, 5.41) is 0. The highest BCUT2D eigenvalue weighted by Gasteiger charge is 2.19. The molecule has 1 unspecified atom stereocenters. The molecule has 0 amide bonds. The molecular weight excluding hydrogens is 769 g/mol. The second-order valence-electron chi connectivity index (χ2n) is 16.7. The zero-order valence-corrected chi connectivity index (χ0v) is 40.4. The van der Waals surface area contributed by atoms with Crippen molar-refractivity contribution in [2.75, 3.05) is 13.2 Å². The first-order valence-electron chi connectivity index (χ1n) is 25.6. The molecule has 0 rings (SSSR count). The third-order valence-corrected chi connectivity index (χ3v) is 10.6. The minimum Gasteiger partial charge on any atom is -0.462 e. The Balaban J connectivity index is 4.29. The number of hydrogen-bond acceptors (Lipinski definition) is 6. The van der Waals surface area contributed by atoms with E-state index >= 15 is 0 Å². The minimum atomic E-state index is -0.792. The first-order valence-corrected chi connectivity index (χ1v) is 25.6. The van der Waals surface area contributed by atoms with Gasteiger partial charge in [-0.15, -0.1) is 0 Å². The number of unbranched alkanes of at least 4 members (excludes halogenated alkanes) is 20. The first kappa shape index (κ1) is 58.6. The third kappa shape index (κ3) is 47.6. The molecule has 0 heterocycles. The van der Waals surface area contributed by atoms with Crippen molar-refractivity contribution in [3.8, 4) is 0 Å². The van der Waals surface area contributed by atoms with Gasteiger partial charge in [-0.2, -0.15) is 0 Å². The van der Waals surface area contributed by atoms with Gasteiger partial charge in [-0.3, -0.25) is 14.4 Å². The van der Waals surface area contributed by atoms with Crippen molar-refractivity contribution in [3.63, 3.8) is 0 Å². The van der Waals surface area contributed by atoms with Gasteiger partial charge in [-0.1, -0.05) is 202 Å². The zero-order chi connectivity index (χ0) is 45.1. The second kappa shape index (κ2) is 50.2. The lowest BCUT2D eigenvalue weighted by Gasteiger charge is -2.18. The maximum atomic E-state index is 12.7. The molecule has 0 aliphatic heterocycles. The van der Waals surface area contributed by atoms with E-state index in [0.717, 1.165) is 116 Å². The van der Waals surface area contributed by atoms with Crippen LogP contribution in [0, 0.1) is 0 Å². The van der Waals surface area contributed by atoms with Crippen LogP contribution in [0.4, 0.5) is 0 Å². The maximum Gasteiger partial charge on any atom is 0.306 e. The lowest BCUT2D eigenvalue weighted by atomic mass is 10.1. The van der Waals surface area contributed by atoms with Gasteiger partial charge in [0.2, 0.25) is 0 Å². The molecule has 6 heteroatoms. The average molecular weight is 863 g/mol. The molecule has 0 aliphatic rings. The molecule has 0 aromatic carbocycles. The summed E-state index contributed by atoms with van der Waals surface area (Å²) in [6.07, 6.45) is 64.5. The number of rotatable bonds is 45. The number of hydrogen-bond donors (Lipinski definition) is 0. The summed E-state index contributed by atoms with van der Waals surface area (Å²) >= 11 is 0. The molecule has 0 saturated heterocycles. The fraction of sp³-hybridized carbons (Fsp3) is 0.696. The summed E-state index contributed by atoms with van der Waals surface area (Å²) in [5.74, 6) is -0.941. The Morgan fingerprint density at radius 1 is 0.339 bits per heavy atom. The quantitative estimate of drug-likeness (QED) is 0.0263. The van der Waals surface area contributed by atoms with E-state index in [0.29, 0.717) is 19.3 Å². The van der Waals surface area contributed by atoms with Crippen LogP contribution in [0.25, 0.3) is 0 Å². The van der Waals surface area contributed by atoms with Crippen LogP contribution in [0.2, 0.25) is 0 Å². The van der Waals surface area contributed by atoms with Crippen LogP contribution in [0.3, 0.4) is 0 Å². The Morgan fingerprint density at radius 2 is 0.629 bits per heavy atom. The third-order valence-electron chi connectivity index (χ3n) is 10.6. The molecule has 0 spiro atoms. The summed E-state index contributed by atoms with van der Waals surface area (Å²) in [7, 11) is 0. The first-order chi connectivity index (χ1) is 30.5. The summed E-state index contributed by atoms with van der Waals surface area (Å²) < 4.78 is 16.7. The topological polar surface area (TPSA) is 78.9 Å². The number of carbonyl (C=O) groups excluding carboxylic acids is 3. The molecule has 0 bridgehead atoms. The van der Waals surface area contributed by atoms with Crippen LogP contribution in [0.1, 0.15) is 233 Å². The number of allylic oxidation sites excluding steroid dienone is 14. The Bertz CT molecular complexity index is 1220. The molecular formula is C56H94O6. The van der Waals surface area contributed by atoms with Crippen molar-refractivity contribution in [3.05, 3.63) is 85.1 Å². The highest BCUT2D eigenvalue weighted by Crippen LogP contribution is 2.13. The van der Waals surface area contributed by atoms with Crippen molar-refractivity contribution in [2.45, 2.75) is 239 Å². The Labute approximate surface area is 382 Å². The largest absolute Gasteiger partial charge is 0.462 e. The van der Waals surface area contributed by atoms with Crippen LogP contribution in [0.15, 0.2) is 85.1 Å². The molecule has 62 heavy (non-hydrogen) atoms. The van der Waals surface area contributed by atoms with Gasteiger partial charge in [0.05, 0.1) is 0 Å². The van der Waals surface area contributed by atoms with Gasteiger partial charge in [-0.05, 0) is 96.3 Å². The van der Waals surface area contributed by atoms with E-state index < -0.39 is 6.10 Å². The molecule has 0 saturated carbocycles. The van der Waals surface area contributed by atoms with Crippen molar-refractivity contribution in [1.29, 1.82) is 0 Å². The predicted octanol–water partition coefficient (Wildman–Crippen LogP) is 16.8. The fourth-order valence-electron chi connectivity index (χ4n) is 6.79. The predicted molar refractivity (Wildman–Crippen MR) is 265 cm³/mol. The lowest BCUT2D eigenvalue weighted by Crippen LogP contribution is -2.30. The average Bonchev–Trinajstić information content (AvgIpc) is 3.27. The van der Waals surface area contributed by atoms with Crippen LogP contribution in [-0.2, 0) is 28.6 Å². The molecule has 0 N–H and O–H groups in total. The van der Waals surface area contributed by atoms with Gasteiger partial charge in [-0.25, -0.2) is 0 Å². The molecule has 6 nitrogen and oxygen atoms in total. The van der Waals surface area contributed by atoms with E-state index in [9.17, 15) is 14.4 Å². The number of carbonyl (C=O) groups is 3. The van der Waals surface area contributed by atoms with E-state index in [2.05, 4.69) is 106 Å². The Morgan fingerprint density at radius 3 is 0.984 bits per heavy atom. The van der Waals surface area contributed by atoms with Gasteiger partial charge in [0.1, 0.15) is 13.2 Å². The molecule has 0 aromatic heterocycles. The van der Waals surface area contributed by atoms with Crippen molar-refractivity contribution < 1.29 is 28.6 Å². The summed E-state index contributed by atoms with van der Waals surface area (Å²) in [6.45, 7) is 6.41. The van der Waals surface area contributed by atoms with E-state index in [1.165, 1.54) is 77.0 Å². The van der Waals surface area contributed by atoms with Gasteiger partial charge in [0.15, 0.2) is 6.10 Å². The Hall–Kier alpha value is -3.41. The van der Waals surface area contributed by atoms with Crippen LogP contribution in [0.5, 0.6) is 0 Å². The molecule has 354 valence electrons. The molecule has 0 fully saturated rings. The van der Waals surface area contributed by atoms with Crippen molar-refractivity contribution >= 4 is 17.9 Å². The smallest absolute Gasteiger partial charge is 0.306 e. The summed E-state index contributed by atoms with van der Waals surface area (Å²) in [5.41, 5.74) is 0. The van der Waals surface area contributed by atoms with Crippen LogP contribution < -0.4 is 0 Å². The lowest BCUT2D eigenvalue weighted by molar-refractivity contribution is -0.167. The highest BCUT2D eigenvalue weighted by molar-refractivity contribution is 5.71.